The van der Waals surface area contributed by atoms with Crippen molar-refractivity contribution in [3.8, 4) is 0 Å². The Morgan fingerprint density at radius 1 is 1.40 bits per heavy atom. The zero-order valence-electron chi connectivity index (χ0n) is 12.6. The third-order valence-corrected chi connectivity index (χ3v) is 3.91. The Morgan fingerprint density at radius 3 is 2.80 bits per heavy atom. The van der Waals surface area contributed by atoms with Crippen LogP contribution in [-0.4, -0.2) is 34.3 Å². The van der Waals surface area contributed by atoms with E-state index >= 15 is 0 Å². The summed E-state index contributed by atoms with van der Waals surface area (Å²) in [4.78, 5) is 11.4. The maximum absolute atomic E-state index is 9.01. The minimum absolute atomic E-state index is 0.111. The average molecular weight is 298 g/mol. The molecule has 5 heteroatoms. The molecule has 1 aromatic heterocycles. The van der Waals surface area contributed by atoms with Crippen molar-refractivity contribution < 1.29 is 5.11 Å². The van der Waals surface area contributed by atoms with Gasteiger partial charge in [-0.25, -0.2) is 9.97 Å². The fourth-order valence-corrected chi connectivity index (χ4v) is 2.83. The lowest BCUT2D eigenvalue weighted by Gasteiger charge is -2.27. The Bertz CT molecular complexity index is 459. The molecule has 1 aromatic rings. The third kappa shape index (κ3) is 3.61. The van der Waals surface area contributed by atoms with Crippen LogP contribution in [-0.2, 0) is 5.41 Å². The summed E-state index contributed by atoms with van der Waals surface area (Å²) in [5.41, 5.74) is -0.111. The van der Waals surface area contributed by atoms with Crippen LogP contribution in [0.2, 0.25) is 5.15 Å². The van der Waals surface area contributed by atoms with Crippen molar-refractivity contribution in [2.75, 3.05) is 18.1 Å². The lowest BCUT2D eigenvalue weighted by Crippen LogP contribution is -2.31. The van der Waals surface area contributed by atoms with Gasteiger partial charge in [0.1, 0.15) is 16.8 Å². The molecule has 0 radical (unpaired) electrons. The number of halogens is 1. The smallest absolute Gasteiger partial charge is 0.137 e. The van der Waals surface area contributed by atoms with Crippen LogP contribution >= 0.6 is 11.6 Å². The van der Waals surface area contributed by atoms with Crippen molar-refractivity contribution in [3.63, 3.8) is 0 Å². The van der Waals surface area contributed by atoms with Crippen LogP contribution in [0.3, 0.4) is 0 Å². The maximum Gasteiger partial charge on any atom is 0.137 e. The zero-order valence-corrected chi connectivity index (χ0v) is 13.3. The molecule has 1 fully saturated rings. The molecular weight excluding hydrogens is 274 g/mol. The quantitative estimate of drug-likeness (QED) is 0.867. The molecule has 1 atom stereocenters. The number of anilines is 1. The van der Waals surface area contributed by atoms with Crippen molar-refractivity contribution in [3.05, 3.63) is 17.0 Å². The van der Waals surface area contributed by atoms with Crippen molar-refractivity contribution in [2.24, 2.45) is 0 Å². The fourth-order valence-electron chi connectivity index (χ4n) is 2.65. The van der Waals surface area contributed by atoms with Gasteiger partial charge in [0.15, 0.2) is 0 Å². The highest BCUT2D eigenvalue weighted by Gasteiger charge is 2.27. The van der Waals surface area contributed by atoms with Crippen LogP contribution in [0.4, 0.5) is 5.82 Å². The Hall–Kier alpha value is -0.870. The molecule has 0 bridgehead atoms. The number of hydrogen-bond donors (Lipinski definition) is 1. The van der Waals surface area contributed by atoms with Gasteiger partial charge in [-0.05, 0) is 25.7 Å². The zero-order chi connectivity index (χ0) is 14.8. The molecule has 1 saturated heterocycles. The number of aliphatic hydroxyl groups excluding tert-OH is 1. The van der Waals surface area contributed by atoms with Crippen LogP contribution in [0.15, 0.2) is 6.07 Å². The number of nitrogens with zero attached hydrogens (tertiary/aromatic N) is 3. The van der Waals surface area contributed by atoms with E-state index < -0.39 is 0 Å². The molecule has 0 amide bonds. The Labute approximate surface area is 126 Å². The number of aromatic nitrogens is 2. The highest BCUT2D eigenvalue weighted by Crippen LogP contribution is 2.30. The van der Waals surface area contributed by atoms with Gasteiger partial charge in [-0.15, -0.1) is 0 Å². The van der Waals surface area contributed by atoms with Crippen LogP contribution < -0.4 is 4.90 Å². The average Bonchev–Trinajstić information content (AvgIpc) is 2.82. The first-order chi connectivity index (χ1) is 9.41. The third-order valence-electron chi connectivity index (χ3n) is 3.72. The van der Waals surface area contributed by atoms with E-state index in [0.29, 0.717) is 11.2 Å². The first-order valence-corrected chi connectivity index (χ1v) is 7.72. The monoisotopic (exact) mass is 297 g/mol. The van der Waals surface area contributed by atoms with Gasteiger partial charge in [-0.2, -0.15) is 0 Å². The molecule has 1 unspecified atom stereocenters. The maximum atomic E-state index is 9.01. The molecule has 20 heavy (non-hydrogen) atoms. The van der Waals surface area contributed by atoms with E-state index in [-0.39, 0.29) is 12.0 Å². The summed E-state index contributed by atoms with van der Waals surface area (Å²) in [6.45, 7) is 7.54. The topological polar surface area (TPSA) is 49.2 Å². The number of aliphatic hydroxyl groups is 1. The summed E-state index contributed by atoms with van der Waals surface area (Å²) in [5.74, 6) is 1.71. The van der Waals surface area contributed by atoms with Gasteiger partial charge in [0.2, 0.25) is 0 Å². The lowest BCUT2D eigenvalue weighted by molar-refractivity contribution is 0.279. The Balaban J connectivity index is 2.25. The number of rotatable bonds is 4. The molecule has 1 aliphatic rings. The highest BCUT2D eigenvalue weighted by atomic mass is 35.5. The molecule has 0 saturated carbocycles. The minimum atomic E-state index is -0.111. The van der Waals surface area contributed by atoms with Gasteiger partial charge in [-0.3, -0.25) is 0 Å². The van der Waals surface area contributed by atoms with E-state index in [2.05, 4.69) is 30.7 Å². The predicted octanol–water partition coefficient (Wildman–Crippen LogP) is 3.17. The molecule has 2 heterocycles. The van der Waals surface area contributed by atoms with Gasteiger partial charge < -0.3 is 10.0 Å². The van der Waals surface area contributed by atoms with Crippen molar-refractivity contribution >= 4 is 17.4 Å². The van der Waals surface area contributed by atoms with Crippen LogP contribution in [0.25, 0.3) is 0 Å². The Morgan fingerprint density at radius 2 is 2.15 bits per heavy atom. The lowest BCUT2D eigenvalue weighted by atomic mass is 9.96. The van der Waals surface area contributed by atoms with E-state index in [0.717, 1.165) is 37.4 Å². The Kier molecular flexibility index (Phi) is 4.86. The molecule has 1 N–H and O–H groups in total. The molecule has 0 aromatic carbocycles. The second-order valence-corrected chi connectivity index (χ2v) is 6.87. The molecule has 4 nitrogen and oxygen atoms in total. The summed E-state index contributed by atoms with van der Waals surface area (Å²) in [7, 11) is 0. The fraction of sp³-hybridized carbons (Fsp3) is 0.733. The molecular formula is C15H24ClN3O. The predicted molar refractivity (Wildman–Crippen MR) is 82.4 cm³/mol. The normalized spacial score (nSPS) is 19.6. The SMILES string of the molecule is CC(C)(C)c1nc(Cl)cc(N2CCCC2CCCO)n1. The summed E-state index contributed by atoms with van der Waals surface area (Å²) in [6, 6.07) is 2.31. The van der Waals surface area contributed by atoms with Gasteiger partial charge in [0.25, 0.3) is 0 Å². The van der Waals surface area contributed by atoms with E-state index in [9.17, 15) is 0 Å². The first kappa shape index (κ1) is 15.5. The van der Waals surface area contributed by atoms with E-state index in [1.165, 1.54) is 6.42 Å². The van der Waals surface area contributed by atoms with E-state index in [1.807, 2.05) is 6.07 Å². The van der Waals surface area contributed by atoms with Crippen molar-refractivity contribution in [1.82, 2.24) is 9.97 Å². The van der Waals surface area contributed by atoms with Crippen molar-refractivity contribution in [2.45, 2.75) is 57.9 Å². The molecule has 2 rings (SSSR count). The van der Waals surface area contributed by atoms with E-state index in [4.69, 9.17) is 21.7 Å². The summed E-state index contributed by atoms with van der Waals surface area (Å²) < 4.78 is 0. The first-order valence-electron chi connectivity index (χ1n) is 7.34. The molecule has 112 valence electrons. The summed E-state index contributed by atoms with van der Waals surface area (Å²) in [5, 5.41) is 9.52. The number of hydrogen-bond acceptors (Lipinski definition) is 4. The van der Waals surface area contributed by atoms with Crippen LogP contribution in [0.1, 0.15) is 52.3 Å². The van der Waals surface area contributed by atoms with Gasteiger partial charge >= 0.3 is 0 Å². The van der Waals surface area contributed by atoms with Crippen LogP contribution in [0.5, 0.6) is 0 Å². The second kappa shape index (κ2) is 6.27. The highest BCUT2D eigenvalue weighted by molar-refractivity contribution is 6.29. The van der Waals surface area contributed by atoms with Crippen LogP contribution in [0, 0.1) is 0 Å². The molecule has 1 aliphatic heterocycles. The van der Waals surface area contributed by atoms with E-state index in [1.54, 1.807) is 0 Å². The largest absolute Gasteiger partial charge is 0.396 e. The van der Waals surface area contributed by atoms with Gasteiger partial charge in [-0.1, -0.05) is 32.4 Å². The van der Waals surface area contributed by atoms with Gasteiger partial charge in [0.05, 0.1) is 0 Å². The standard InChI is InChI=1S/C15H24ClN3O/c1-15(2,3)14-17-12(16)10-13(18-14)19-8-4-6-11(19)7-5-9-20/h10-11,20H,4-9H2,1-3H3. The molecule has 0 aliphatic carbocycles. The molecule has 0 spiro atoms. The minimum Gasteiger partial charge on any atom is -0.396 e. The van der Waals surface area contributed by atoms with Gasteiger partial charge in [0, 0.05) is 30.7 Å². The summed E-state index contributed by atoms with van der Waals surface area (Å²) in [6.07, 6.45) is 4.17. The summed E-state index contributed by atoms with van der Waals surface area (Å²) >= 11 is 6.17. The van der Waals surface area contributed by atoms with Crippen molar-refractivity contribution in [1.29, 1.82) is 0 Å². The second-order valence-electron chi connectivity index (χ2n) is 6.48.